The zero-order valence-corrected chi connectivity index (χ0v) is 9.79. The van der Waals surface area contributed by atoms with Crippen LogP contribution in [0, 0.1) is 20.8 Å². The monoisotopic (exact) mass is 232 g/mol. The van der Waals surface area contributed by atoms with E-state index in [0.29, 0.717) is 27.9 Å². The molecular weight excluding hydrogens is 220 g/mol. The molecular formula is C12H12N2O3. The van der Waals surface area contributed by atoms with Gasteiger partial charge in [-0.3, -0.25) is 4.79 Å². The van der Waals surface area contributed by atoms with Crippen LogP contribution in [0.4, 0.5) is 0 Å². The van der Waals surface area contributed by atoms with Crippen molar-refractivity contribution in [3.63, 3.8) is 0 Å². The number of aromatic amines is 1. The van der Waals surface area contributed by atoms with E-state index in [2.05, 4.69) is 9.97 Å². The summed E-state index contributed by atoms with van der Waals surface area (Å²) in [6.07, 6.45) is 0. The highest BCUT2D eigenvalue weighted by Crippen LogP contribution is 2.14. The molecule has 2 rings (SSSR count). The van der Waals surface area contributed by atoms with Gasteiger partial charge in [-0.05, 0) is 32.4 Å². The Kier molecular flexibility index (Phi) is 2.46. The molecule has 0 fully saturated rings. The van der Waals surface area contributed by atoms with E-state index < -0.39 is 5.97 Å². The number of aryl methyl sites for hydroxylation is 2. The Bertz CT molecular complexity index is 686. The largest absolute Gasteiger partial charge is 0.477 e. The highest BCUT2D eigenvalue weighted by Gasteiger charge is 2.13. The highest BCUT2D eigenvalue weighted by atomic mass is 16.4. The zero-order chi connectivity index (χ0) is 12.7. The van der Waals surface area contributed by atoms with Crippen LogP contribution in [0.5, 0.6) is 0 Å². The molecule has 5 heteroatoms. The maximum absolute atomic E-state index is 12.0. The number of hydrogen-bond acceptors (Lipinski definition) is 3. The quantitative estimate of drug-likeness (QED) is 0.781. The number of nitrogens with one attached hydrogen (secondary N) is 1. The van der Waals surface area contributed by atoms with Gasteiger partial charge in [-0.2, -0.15) is 0 Å². The van der Waals surface area contributed by atoms with Gasteiger partial charge in [0, 0.05) is 11.3 Å². The Morgan fingerprint density at radius 3 is 2.59 bits per heavy atom. The lowest BCUT2D eigenvalue weighted by Crippen LogP contribution is -2.13. The Hall–Kier alpha value is -2.17. The first-order valence-corrected chi connectivity index (χ1v) is 5.16. The number of fused-ring (bicyclic) bond motifs is 1. The van der Waals surface area contributed by atoms with E-state index in [9.17, 15) is 9.59 Å². The van der Waals surface area contributed by atoms with Crippen molar-refractivity contribution in [1.29, 1.82) is 0 Å². The molecule has 0 aliphatic heterocycles. The molecule has 0 aromatic carbocycles. The summed E-state index contributed by atoms with van der Waals surface area (Å²) in [5, 5.41) is 9.36. The number of carbonyl (C=O) groups is 1. The first kappa shape index (κ1) is 11.3. The number of nitrogens with zero attached hydrogens (tertiary/aromatic N) is 1. The Morgan fingerprint density at radius 1 is 1.35 bits per heavy atom. The Morgan fingerprint density at radius 2 is 2.00 bits per heavy atom. The van der Waals surface area contributed by atoms with Crippen LogP contribution in [0.2, 0.25) is 0 Å². The predicted octanol–water partition coefficient (Wildman–Crippen LogP) is 1.55. The van der Waals surface area contributed by atoms with Crippen molar-refractivity contribution < 1.29 is 9.90 Å². The van der Waals surface area contributed by atoms with Gasteiger partial charge in [0.2, 0.25) is 0 Å². The molecule has 0 spiro atoms. The summed E-state index contributed by atoms with van der Waals surface area (Å²) in [6, 6.07) is 1.41. The molecule has 0 atom stereocenters. The summed E-state index contributed by atoms with van der Waals surface area (Å²) < 4.78 is 0. The number of pyridine rings is 2. The summed E-state index contributed by atoms with van der Waals surface area (Å²) in [7, 11) is 0. The molecule has 2 heterocycles. The van der Waals surface area contributed by atoms with Crippen molar-refractivity contribution in [2.45, 2.75) is 20.8 Å². The summed E-state index contributed by atoms with van der Waals surface area (Å²) in [6.45, 7) is 5.21. The van der Waals surface area contributed by atoms with Crippen molar-refractivity contribution in [2.24, 2.45) is 0 Å². The first-order chi connectivity index (χ1) is 7.91. The van der Waals surface area contributed by atoms with Gasteiger partial charge < -0.3 is 10.1 Å². The van der Waals surface area contributed by atoms with Crippen LogP contribution in [0.25, 0.3) is 11.0 Å². The number of aromatic carboxylic acids is 1. The standard InChI is InChI=1S/C12H12N2O3/c1-5-4-8(12(16)17)14-11-9(5)10(15)6(2)7(3)13-11/h4H,1-3H3,(H,16,17)(H,13,14,15). The van der Waals surface area contributed by atoms with Crippen LogP contribution in [0.1, 0.15) is 27.3 Å². The molecule has 0 amide bonds. The molecule has 88 valence electrons. The van der Waals surface area contributed by atoms with Crippen molar-refractivity contribution in [3.05, 3.63) is 38.8 Å². The van der Waals surface area contributed by atoms with Crippen molar-refractivity contribution in [1.82, 2.24) is 9.97 Å². The molecule has 0 unspecified atom stereocenters. The van der Waals surface area contributed by atoms with Gasteiger partial charge in [-0.25, -0.2) is 9.78 Å². The highest BCUT2D eigenvalue weighted by molar-refractivity contribution is 5.90. The van der Waals surface area contributed by atoms with Gasteiger partial charge >= 0.3 is 5.97 Å². The fourth-order valence-corrected chi connectivity index (χ4v) is 1.79. The van der Waals surface area contributed by atoms with Crippen LogP contribution in [-0.2, 0) is 0 Å². The van der Waals surface area contributed by atoms with E-state index in [4.69, 9.17) is 5.11 Å². The minimum absolute atomic E-state index is 0.0612. The smallest absolute Gasteiger partial charge is 0.354 e. The van der Waals surface area contributed by atoms with Crippen LogP contribution < -0.4 is 5.43 Å². The van der Waals surface area contributed by atoms with E-state index in [1.54, 1.807) is 20.8 Å². The van der Waals surface area contributed by atoms with Gasteiger partial charge in [0.05, 0.1) is 5.39 Å². The summed E-state index contributed by atoms with van der Waals surface area (Å²) in [4.78, 5) is 29.8. The molecule has 2 aromatic rings. The molecule has 0 bridgehead atoms. The molecule has 0 aliphatic carbocycles. The third kappa shape index (κ3) is 1.69. The number of hydrogen-bond donors (Lipinski definition) is 2. The predicted molar refractivity (Wildman–Crippen MR) is 63.5 cm³/mol. The molecule has 5 nitrogen and oxygen atoms in total. The van der Waals surface area contributed by atoms with E-state index in [-0.39, 0.29) is 11.1 Å². The van der Waals surface area contributed by atoms with Gasteiger partial charge in [0.15, 0.2) is 11.1 Å². The lowest BCUT2D eigenvalue weighted by atomic mass is 10.1. The normalized spacial score (nSPS) is 10.8. The van der Waals surface area contributed by atoms with Crippen molar-refractivity contribution in [2.75, 3.05) is 0 Å². The fourth-order valence-electron chi connectivity index (χ4n) is 1.79. The number of rotatable bonds is 1. The van der Waals surface area contributed by atoms with Gasteiger partial charge in [0.25, 0.3) is 0 Å². The minimum atomic E-state index is -1.10. The third-order valence-electron chi connectivity index (χ3n) is 2.87. The Balaban J connectivity index is 2.97. The summed E-state index contributed by atoms with van der Waals surface area (Å²) in [5.74, 6) is -1.10. The summed E-state index contributed by atoms with van der Waals surface area (Å²) >= 11 is 0. The molecule has 0 saturated heterocycles. The second-order valence-corrected chi connectivity index (χ2v) is 4.06. The second-order valence-electron chi connectivity index (χ2n) is 4.06. The van der Waals surface area contributed by atoms with Crippen LogP contribution in [0.15, 0.2) is 10.9 Å². The lowest BCUT2D eigenvalue weighted by Gasteiger charge is -2.06. The van der Waals surface area contributed by atoms with Crippen molar-refractivity contribution in [3.8, 4) is 0 Å². The van der Waals surface area contributed by atoms with Gasteiger partial charge in [-0.1, -0.05) is 0 Å². The number of carboxylic acids is 1. The maximum Gasteiger partial charge on any atom is 0.354 e. The number of aromatic nitrogens is 2. The summed E-state index contributed by atoms with van der Waals surface area (Å²) in [5.41, 5.74) is 2.13. The average Bonchev–Trinajstić information content (AvgIpc) is 2.25. The first-order valence-electron chi connectivity index (χ1n) is 5.16. The molecule has 2 N–H and O–H groups in total. The van der Waals surface area contributed by atoms with Crippen LogP contribution >= 0.6 is 0 Å². The topological polar surface area (TPSA) is 83.1 Å². The van der Waals surface area contributed by atoms with E-state index in [1.807, 2.05) is 0 Å². The maximum atomic E-state index is 12.0. The molecule has 0 saturated carbocycles. The lowest BCUT2D eigenvalue weighted by molar-refractivity contribution is 0.0691. The molecule has 0 aliphatic rings. The second kappa shape index (κ2) is 3.69. The molecule has 0 radical (unpaired) electrons. The number of H-pyrrole nitrogens is 1. The zero-order valence-electron chi connectivity index (χ0n) is 9.79. The average molecular weight is 232 g/mol. The van der Waals surface area contributed by atoms with Crippen LogP contribution in [-0.4, -0.2) is 21.0 Å². The third-order valence-corrected chi connectivity index (χ3v) is 2.87. The van der Waals surface area contributed by atoms with E-state index in [0.717, 1.165) is 0 Å². The van der Waals surface area contributed by atoms with Crippen LogP contribution in [0.3, 0.4) is 0 Å². The number of carboxylic acid groups (broad SMARTS) is 1. The molecule has 2 aromatic heterocycles. The fraction of sp³-hybridized carbons (Fsp3) is 0.250. The van der Waals surface area contributed by atoms with Gasteiger partial charge in [0.1, 0.15) is 5.65 Å². The Labute approximate surface area is 97.1 Å². The van der Waals surface area contributed by atoms with E-state index in [1.165, 1.54) is 6.07 Å². The van der Waals surface area contributed by atoms with Crippen molar-refractivity contribution >= 4 is 17.0 Å². The van der Waals surface area contributed by atoms with Gasteiger partial charge in [-0.15, -0.1) is 0 Å². The van der Waals surface area contributed by atoms with E-state index >= 15 is 0 Å². The SMILES string of the molecule is Cc1[nH]c2nc(C(=O)O)cc(C)c2c(=O)c1C. The minimum Gasteiger partial charge on any atom is -0.477 e. The molecule has 17 heavy (non-hydrogen) atoms.